The Morgan fingerprint density at radius 1 is 1.25 bits per heavy atom. The van der Waals surface area contributed by atoms with E-state index in [1.807, 2.05) is 0 Å². The number of rotatable bonds is 9. The lowest BCUT2D eigenvalue weighted by atomic mass is 9.95. The molecular weight excluding hydrogens is 513 g/mol. The van der Waals surface area contributed by atoms with Crippen LogP contribution in [-0.2, 0) is 31.6 Å². The van der Waals surface area contributed by atoms with Crippen LogP contribution >= 0.6 is 23.5 Å². The standard InChI is InChI=1S/C11H18F2N3O13P3/c1-2-10(5-26-31(22,23)29-32(24,25)28-30(19,20)21)7(17)11(12,13)8(27-10)16-4-3-6(14)15-9(16)18/h2-4,6-8,17H,1,5,14H2,(H,15,18)(H,22,23)(H,24,25)(H2,19,20,21)/t6?,7-,8-,10-/m1/s1. The number of nitrogens with one attached hydrogen (secondary N) is 1. The van der Waals surface area contributed by atoms with Crippen molar-refractivity contribution in [2.75, 3.05) is 6.61 Å². The Morgan fingerprint density at radius 2 is 1.84 bits per heavy atom. The summed E-state index contributed by atoms with van der Waals surface area (Å²) in [6.07, 6.45) is -3.81. The summed E-state index contributed by atoms with van der Waals surface area (Å²) < 4.78 is 79.5. The van der Waals surface area contributed by atoms with Gasteiger partial charge < -0.3 is 40.5 Å². The number of nitrogens with zero attached hydrogens (tertiary/aromatic N) is 1. The van der Waals surface area contributed by atoms with Crippen molar-refractivity contribution in [3.63, 3.8) is 0 Å². The van der Waals surface area contributed by atoms with Crippen LogP contribution in [0.3, 0.4) is 0 Å². The third kappa shape index (κ3) is 6.07. The highest BCUT2D eigenvalue weighted by molar-refractivity contribution is 7.66. The van der Waals surface area contributed by atoms with E-state index in [2.05, 4.69) is 25.0 Å². The number of aliphatic hydroxyl groups excluding tert-OH is 1. The van der Waals surface area contributed by atoms with Crippen LogP contribution in [-0.4, -0.2) is 72.2 Å². The molecule has 21 heteroatoms. The van der Waals surface area contributed by atoms with Crippen LogP contribution in [0.1, 0.15) is 0 Å². The normalized spacial score (nSPS) is 33.9. The fraction of sp³-hybridized carbons (Fsp3) is 0.545. The molecule has 1 fully saturated rings. The predicted molar refractivity (Wildman–Crippen MR) is 96.1 cm³/mol. The number of urea groups is 1. The first-order valence-electron chi connectivity index (χ1n) is 8.02. The molecule has 0 aromatic carbocycles. The summed E-state index contributed by atoms with van der Waals surface area (Å²) in [7, 11) is -17.3. The number of phosphoric acid groups is 3. The molecule has 6 atom stereocenters. The van der Waals surface area contributed by atoms with E-state index in [1.165, 1.54) is 0 Å². The average molecular weight is 531 g/mol. The number of aliphatic hydroxyl groups is 1. The number of amides is 2. The number of ether oxygens (including phenoxy) is 1. The summed E-state index contributed by atoms with van der Waals surface area (Å²) in [5, 5.41) is 12.2. The number of carbonyl (C=O) groups excluding carboxylic acids is 1. The van der Waals surface area contributed by atoms with E-state index in [4.69, 9.17) is 25.2 Å². The molecule has 0 radical (unpaired) electrons. The van der Waals surface area contributed by atoms with E-state index in [1.54, 1.807) is 0 Å². The van der Waals surface area contributed by atoms with Crippen LogP contribution in [0.4, 0.5) is 13.6 Å². The van der Waals surface area contributed by atoms with Gasteiger partial charge in [0.15, 0.2) is 6.10 Å². The van der Waals surface area contributed by atoms with Crippen LogP contribution < -0.4 is 11.1 Å². The molecule has 8 N–H and O–H groups in total. The summed E-state index contributed by atoms with van der Waals surface area (Å²) >= 11 is 0. The lowest BCUT2D eigenvalue weighted by molar-refractivity contribution is -0.147. The molecule has 2 heterocycles. The number of hydrogen-bond donors (Lipinski definition) is 7. The number of phosphoric ester groups is 1. The first-order chi connectivity index (χ1) is 14.3. The molecule has 184 valence electrons. The van der Waals surface area contributed by atoms with Crippen molar-refractivity contribution in [2.24, 2.45) is 5.73 Å². The van der Waals surface area contributed by atoms with Crippen molar-refractivity contribution >= 4 is 29.5 Å². The molecule has 2 aliphatic heterocycles. The second-order valence-electron chi connectivity index (χ2n) is 6.29. The van der Waals surface area contributed by atoms with E-state index in [0.717, 1.165) is 12.3 Å². The minimum Gasteiger partial charge on any atom is -0.383 e. The van der Waals surface area contributed by atoms with Gasteiger partial charge in [-0.05, 0) is 6.08 Å². The zero-order valence-corrected chi connectivity index (χ0v) is 18.2. The van der Waals surface area contributed by atoms with Gasteiger partial charge in [-0.15, -0.1) is 6.58 Å². The first kappa shape index (κ1) is 27.1. The Kier molecular flexibility index (Phi) is 7.57. The van der Waals surface area contributed by atoms with E-state index in [9.17, 15) is 37.3 Å². The van der Waals surface area contributed by atoms with E-state index in [0.29, 0.717) is 11.0 Å². The summed E-state index contributed by atoms with van der Waals surface area (Å²) in [5.41, 5.74) is 2.74. The summed E-state index contributed by atoms with van der Waals surface area (Å²) in [6, 6.07) is -1.13. The van der Waals surface area contributed by atoms with Gasteiger partial charge >= 0.3 is 35.4 Å². The Bertz CT molecular complexity index is 943. The second kappa shape index (κ2) is 8.92. The molecule has 3 unspecified atom stereocenters. The molecule has 0 bridgehead atoms. The van der Waals surface area contributed by atoms with Crippen LogP contribution in [0.15, 0.2) is 24.9 Å². The number of carbonyl (C=O) groups is 1. The second-order valence-corrected chi connectivity index (χ2v) is 10.7. The Hall–Kier alpha value is -1.10. The first-order valence-corrected chi connectivity index (χ1v) is 12.5. The fourth-order valence-corrected chi connectivity index (χ4v) is 5.63. The van der Waals surface area contributed by atoms with Crippen LogP contribution in [0.2, 0.25) is 0 Å². The zero-order valence-electron chi connectivity index (χ0n) is 15.5. The summed E-state index contributed by atoms with van der Waals surface area (Å²) in [5.74, 6) is -4.21. The van der Waals surface area contributed by atoms with E-state index in [-0.39, 0.29) is 0 Å². The number of alkyl halides is 2. The van der Waals surface area contributed by atoms with Crippen molar-refractivity contribution in [3.05, 3.63) is 24.9 Å². The van der Waals surface area contributed by atoms with Crippen LogP contribution in [0, 0.1) is 0 Å². The van der Waals surface area contributed by atoms with Gasteiger partial charge in [-0.1, -0.05) is 6.08 Å². The quantitative estimate of drug-likeness (QED) is 0.145. The molecule has 16 nitrogen and oxygen atoms in total. The van der Waals surface area contributed by atoms with Gasteiger partial charge in [0.1, 0.15) is 5.60 Å². The maximum atomic E-state index is 14.7. The van der Waals surface area contributed by atoms with Gasteiger partial charge in [-0.25, -0.2) is 18.5 Å². The van der Waals surface area contributed by atoms with Gasteiger partial charge in [-0.3, -0.25) is 9.42 Å². The van der Waals surface area contributed by atoms with Gasteiger partial charge in [0, 0.05) is 6.20 Å². The number of nitrogens with two attached hydrogens (primary N) is 1. The molecule has 2 rings (SSSR count). The van der Waals surface area contributed by atoms with Gasteiger partial charge in [0.05, 0.1) is 12.8 Å². The predicted octanol–water partition coefficient (Wildman–Crippen LogP) is -0.569. The lowest BCUT2D eigenvalue weighted by Crippen LogP contribution is -2.57. The van der Waals surface area contributed by atoms with Crippen LogP contribution in [0.25, 0.3) is 0 Å². The average Bonchev–Trinajstić information content (AvgIpc) is 2.78. The fourth-order valence-electron chi connectivity index (χ4n) is 2.57. The van der Waals surface area contributed by atoms with Crippen molar-refractivity contribution in [3.8, 4) is 0 Å². The molecule has 0 aromatic heterocycles. The maximum Gasteiger partial charge on any atom is 0.490 e. The largest absolute Gasteiger partial charge is 0.490 e. The maximum absolute atomic E-state index is 14.7. The number of hydrogen-bond acceptors (Lipinski definition) is 10. The molecule has 0 aromatic rings. The molecule has 1 saturated heterocycles. The Labute approximate surface area is 177 Å². The van der Waals surface area contributed by atoms with Gasteiger partial charge in [0.2, 0.25) is 6.23 Å². The molecule has 2 aliphatic rings. The van der Waals surface area contributed by atoms with Gasteiger partial charge in [-0.2, -0.15) is 17.4 Å². The molecule has 32 heavy (non-hydrogen) atoms. The van der Waals surface area contributed by atoms with Crippen molar-refractivity contribution in [1.29, 1.82) is 0 Å². The van der Waals surface area contributed by atoms with Crippen molar-refractivity contribution in [2.45, 2.75) is 30.0 Å². The molecule has 0 saturated carbocycles. The van der Waals surface area contributed by atoms with Crippen molar-refractivity contribution < 1.29 is 69.8 Å². The Morgan fingerprint density at radius 3 is 2.34 bits per heavy atom. The monoisotopic (exact) mass is 531 g/mol. The molecule has 2 amide bonds. The molecule has 0 spiro atoms. The van der Waals surface area contributed by atoms with Gasteiger partial charge in [0.25, 0.3) is 0 Å². The van der Waals surface area contributed by atoms with Crippen molar-refractivity contribution in [1.82, 2.24) is 10.2 Å². The smallest absolute Gasteiger partial charge is 0.383 e. The Balaban J connectivity index is 2.22. The topological polar surface area (TPSA) is 248 Å². The highest BCUT2D eigenvalue weighted by Gasteiger charge is 2.68. The summed E-state index contributed by atoms with van der Waals surface area (Å²) in [4.78, 5) is 47.9. The van der Waals surface area contributed by atoms with Crippen LogP contribution in [0.5, 0.6) is 0 Å². The van der Waals surface area contributed by atoms with E-state index < -0.39 is 66.1 Å². The molecular formula is C11H18F2N3O13P3. The zero-order chi connectivity index (χ0) is 24.8. The SMILES string of the molecule is C=C[C@]1(COP(=O)(O)OP(=O)(O)OP(=O)(O)O)O[C@@H](N2C=CC(N)NC2=O)C(F)(F)[C@@H]1O. The van der Waals surface area contributed by atoms with E-state index >= 15 is 0 Å². The lowest BCUT2D eigenvalue weighted by Gasteiger charge is -2.33. The minimum atomic E-state index is -5.88. The minimum absolute atomic E-state index is 0.336. The highest BCUT2D eigenvalue weighted by atomic mass is 31.3. The highest BCUT2D eigenvalue weighted by Crippen LogP contribution is 2.66. The molecule has 0 aliphatic carbocycles. The summed E-state index contributed by atoms with van der Waals surface area (Å²) in [6.45, 7) is 1.70. The number of halogens is 2. The third-order valence-corrected chi connectivity index (χ3v) is 7.72. The third-order valence-electron chi connectivity index (χ3n) is 3.93.